The highest BCUT2D eigenvalue weighted by Gasteiger charge is 2.38. The van der Waals surface area contributed by atoms with Gasteiger partial charge in [-0.25, -0.2) is 13.9 Å². The zero-order valence-corrected chi connectivity index (χ0v) is 14.4. The van der Waals surface area contributed by atoms with Crippen molar-refractivity contribution >= 4 is 15.9 Å². The maximum Gasteiger partial charge on any atom is 0.261 e. The second-order valence-electron chi connectivity index (χ2n) is 6.06. The maximum atomic E-state index is 12.4. The van der Waals surface area contributed by atoms with Crippen molar-refractivity contribution in [1.82, 2.24) is 9.79 Å². The Morgan fingerprint density at radius 2 is 1.72 bits per heavy atom. The smallest absolute Gasteiger partial charge is 0.261 e. The molecule has 1 heterocycles. The molecule has 1 amide bonds. The van der Waals surface area contributed by atoms with E-state index in [1.54, 1.807) is 5.48 Å². The van der Waals surface area contributed by atoms with Gasteiger partial charge in [0.05, 0.1) is 5.75 Å². The largest absolute Gasteiger partial charge is 0.289 e. The summed E-state index contributed by atoms with van der Waals surface area (Å²) < 4.78 is 25.9. The maximum absolute atomic E-state index is 12.4. The highest BCUT2D eigenvalue weighted by Crippen LogP contribution is 2.25. The molecule has 0 spiro atoms. The van der Waals surface area contributed by atoms with Gasteiger partial charge in [0.2, 0.25) is 10.0 Å². The molecule has 1 unspecified atom stereocenters. The quantitative estimate of drug-likeness (QED) is 0.646. The Bertz CT molecular complexity index is 835. The third kappa shape index (κ3) is 3.89. The molecular formula is C18H20N2O4S. The fraction of sp³-hybridized carbons (Fsp3) is 0.278. The zero-order valence-electron chi connectivity index (χ0n) is 13.6. The minimum atomic E-state index is -3.53. The van der Waals surface area contributed by atoms with Gasteiger partial charge in [0, 0.05) is 6.54 Å². The number of rotatable bonds is 4. The molecule has 25 heavy (non-hydrogen) atoms. The molecule has 2 N–H and O–H groups in total. The van der Waals surface area contributed by atoms with Crippen molar-refractivity contribution in [2.75, 3.05) is 5.75 Å². The standard InChI is InChI=1S/C18H20N2O4S/c21-18(19-22)17-7-4-12-25(23,24)20(17)13-14-8-10-16(11-9-14)15-5-2-1-3-6-15/h1-3,5-6,8-11,17,22H,4,7,12-13H2,(H,19,21). The van der Waals surface area contributed by atoms with Crippen molar-refractivity contribution in [2.24, 2.45) is 0 Å². The molecular weight excluding hydrogens is 340 g/mol. The summed E-state index contributed by atoms with van der Waals surface area (Å²) in [7, 11) is -3.53. The molecule has 6 nitrogen and oxygen atoms in total. The van der Waals surface area contributed by atoms with Gasteiger partial charge in [-0.3, -0.25) is 10.0 Å². The van der Waals surface area contributed by atoms with Crippen LogP contribution in [0.3, 0.4) is 0 Å². The lowest BCUT2D eigenvalue weighted by molar-refractivity contribution is -0.133. The Kier molecular flexibility index (Phi) is 5.17. The van der Waals surface area contributed by atoms with Crippen LogP contribution in [0.4, 0.5) is 0 Å². The number of carbonyl (C=O) groups excluding carboxylic acids is 1. The molecule has 3 rings (SSSR count). The van der Waals surface area contributed by atoms with E-state index < -0.39 is 22.0 Å². The fourth-order valence-electron chi connectivity index (χ4n) is 3.07. The number of sulfonamides is 1. The number of hydrogen-bond donors (Lipinski definition) is 2. The third-order valence-corrected chi connectivity index (χ3v) is 6.30. The van der Waals surface area contributed by atoms with Crippen LogP contribution in [0.1, 0.15) is 18.4 Å². The lowest BCUT2D eigenvalue weighted by Crippen LogP contribution is -2.51. The van der Waals surface area contributed by atoms with E-state index in [4.69, 9.17) is 5.21 Å². The van der Waals surface area contributed by atoms with Gasteiger partial charge < -0.3 is 0 Å². The lowest BCUT2D eigenvalue weighted by atomic mass is 10.0. The molecule has 1 saturated heterocycles. The van der Waals surface area contributed by atoms with Crippen LogP contribution in [-0.4, -0.2) is 35.6 Å². The zero-order chi connectivity index (χ0) is 17.9. The SMILES string of the molecule is O=C(NO)C1CCCS(=O)(=O)N1Cc1ccc(-c2ccccc2)cc1. The Labute approximate surface area is 147 Å². The van der Waals surface area contributed by atoms with Crippen LogP contribution in [0.2, 0.25) is 0 Å². The number of nitrogens with one attached hydrogen (secondary N) is 1. The Morgan fingerprint density at radius 1 is 1.08 bits per heavy atom. The van der Waals surface area contributed by atoms with E-state index >= 15 is 0 Å². The van der Waals surface area contributed by atoms with Crippen molar-refractivity contribution in [3.63, 3.8) is 0 Å². The van der Waals surface area contributed by atoms with Crippen LogP contribution in [0.15, 0.2) is 54.6 Å². The van der Waals surface area contributed by atoms with Gasteiger partial charge in [0.1, 0.15) is 6.04 Å². The van der Waals surface area contributed by atoms with Crippen LogP contribution in [0.25, 0.3) is 11.1 Å². The summed E-state index contributed by atoms with van der Waals surface area (Å²) >= 11 is 0. The molecule has 1 fully saturated rings. The second-order valence-corrected chi connectivity index (χ2v) is 8.10. The molecule has 0 radical (unpaired) electrons. The third-order valence-electron chi connectivity index (χ3n) is 4.40. The first kappa shape index (κ1) is 17.6. The van der Waals surface area contributed by atoms with Gasteiger partial charge in [0.15, 0.2) is 0 Å². The molecule has 0 aromatic heterocycles. The fourth-order valence-corrected chi connectivity index (χ4v) is 4.77. The summed E-state index contributed by atoms with van der Waals surface area (Å²) in [6.07, 6.45) is 0.803. The number of carbonyl (C=O) groups is 1. The van der Waals surface area contributed by atoms with E-state index in [1.807, 2.05) is 54.6 Å². The lowest BCUT2D eigenvalue weighted by Gasteiger charge is -2.33. The molecule has 0 aliphatic carbocycles. The number of amides is 1. The number of hydrogen-bond acceptors (Lipinski definition) is 4. The van der Waals surface area contributed by atoms with Gasteiger partial charge in [-0.1, -0.05) is 54.6 Å². The monoisotopic (exact) mass is 360 g/mol. The molecule has 2 aromatic carbocycles. The Balaban J connectivity index is 1.83. The summed E-state index contributed by atoms with van der Waals surface area (Å²) in [6, 6.07) is 16.6. The highest BCUT2D eigenvalue weighted by molar-refractivity contribution is 7.89. The van der Waals surface area contributed by atoms with Crippen molar-refractivity contribution < 1.29 is 18.4 Å². The summed E-state index contributed by atoms with van der Waals surface area (Å²) in [5.41, 5.74) is 4.48. The van der Waals surface area contributed by atoms with E-state index in [9.17, 15) is 13.2 Å². The average molecular weight is 360 g/mol. The van der Waals surface area contributed by atoms with Crippen LogP contribution in [-0.2, 0) is 21.4 Å². The summed E-state index contributed by atoms with van der Waals surface area (Å²) in [5.74, 6) is -0.672. The number of hydroxylamine groups is 1. The van der Waals surface area contributed by atoms with Crippen LogP contribution < -0.4 is 5.48 Å². The van der Waals surface area contributed by atoms with Gasteiger partial charge in [-0.2, -0.15) is 4.31 Å². The summed E-state index contributed by atoms with van der Waals surface area (Å²) in [6.45, 7) is 0.107. The first-order valence-corrected chi connectivity index (χ1v) is 9.70. The molecule has 2 aromatic rings. The average Bonchev–Trinajstić information content (AvgIpc) is 2.64. The predicted molar refractivity (Wildman–Crippen MR) is 94.2 cm³/mol. The molecule has 132 valence electrons. The highest BCUT2D eigenvalue weighted by atomic mass is 32.2. The van der Waals surface area contributed by atoms with E-state index in [0.29, 0.717) is 12.8 Å². The van der Waals surface area contributed by atoms with Crippen molar-refractivity contribution in [3.05, 3.63) is 60.2 Å². The molecule has 1 atom stereocenters. The minimum absolute atomic E-state index is 0.0182. The molecule has 1 aliphatic heterocycles. The Hall–Kier alpha value is -2.22. The summed E-state index contributed by atoms with van der Waals surface area (Å²) in [5, 5.41) is 8.88. The first-order chi connectivity index (χ1) is 12.0. The number of nitrogens with zero attached hydrogens (tertiary/aromatic N) is 1. The van der Waals surface area contributed by atoms with E-state index in [-0.39, 0.29) is 12.3 Å². The predicted octanol–water partition coefficient (Wildman–Crippen LogP) is 2.15. The van der Waals surface area contributed by atoms with E-state index in [0.717, 1.165) is 16.7 Å². The molecule has 0 saturated carbocycles. The second kappa shape index (κ2) is 7.35. The molecule has 0 bridgehead atoms. The summed E-state index contributed by atoms with van der Waals surface area (Å²) in [4.78, 5) is 11.8. The molecule has 1 aliphatic rings. The van der Waals surface area contributed by atoms with Gasteiger partial charge in [-0.15, -0.1) is 0 Å². The normalized spacial score (nSPS) is 20.1. The first-order valence-electron chi connectivity index (χ1n) is 8.09. The van der Waals surface area contributed by atoms with Crippen molar-refractivity contribution in [1.29, 1.82) is 0 Å². The van der Waals surface area contributed by atoms with Crippen molar-refractivity contribution in [2.45, 2.75) is 25.4 Å². The van der Waals surface area contributed by atoms with Gasteiger partial charge >= 0.3 is 0 Å². The van der Waals surface area contributed by atoms with Crippen LogP contribution >= 0.6 is 0 Å². The van der Waals surface area contributed by atoms with E-state index in [2.05, 4.69) is 0 Å². The van der Waals surface area contributed by atoms with E-state index in [1.165, 1.54) is 4.31 Å². The molecule has 7 heteroatoms. The van der Waals surface area contributed by atoms with Gasteiger partial charge in [-0.05, 0) is 29.5 Å². The van der Waals surface area contributed by atoms with Gasteiger partial charge in [0.25, 0.3) is 5.91 Å². The topological polar surface area (TPSA) is 86.7 Å². The minimum Gasteiger partial charge on any atom is -0.289 e. The number of benzene rings is 2. The Morgan fingerprint density at radius 3 is 2.36 bits per heavy atom. The van der Waals surface area contributed by atoms with Crippen molar-refractivity contribution in [3.8, 4) is 11.1 Å². The van der Waals surface area contributed by atoms with Crippen LogP contribution in [0.5, 0.6) is 0 Å². The van der Waals surface area contributed by atoms with Crippen LogP contribution in [0, 0.1) is 0 Å².